The van der Waals surface area contributed by atoms with Crippen molar-refractivity contribution in [3.8, 4) is 5.69 Å². The molecule has 0 spiro atoms. The molecular weight excluding hydrogens is 305 g/mol. The Labute approximate surface area is 121 Å². The highest BCUT2D eigenvalue weighted by atomic mass is 35.5. The maximum atomic E-state index is 13.6. The smallest absolute Gasteiger partial charge is 0.295 e. The third-order valence-electron chi connectivity index (χ3n) is 2.96. The number of hydrogen-bond donors (Lipinski definition) is 1. The van der Waals surface area contributed by atoms with Crippen LogP contribution in [0.5, 0.6) is 0 Å². The summed E-state index contributed by atoms with van der Waals surface area (Å²) in [6.07, 6.45) is 0. The van der Waals surface area contributed by atoms with Gasteiger partial charge in [-0.1, -0.05) is 11.6 Å². The SMILES string of the molecule is Cc1cc([N+](=O)[O-])c(C)cc1-n1c(=O)[nH]c(Cl)c(F)c1=O. The van der Waals surface area contributed by atoms with Gasteiger partial charge in [0.05, 0.1) is 10.6 Å². The van der Waals surface area contributed by atoms with E-state index in [9.17, 15) is 24.1 Å². The van der Waals surface area contributed by atoms with Crippen molar-refractivity contribution in [2.45, 2.75) is 13.8 Å². The molecule has 7 nitrogen and oxygen atoms in total. The maximum Gasteiger partial charge on any atom is 0.334 e. The highest BCUT2D eigenvalue weighted by molar-refractivity contribution is 6.29. The summed E-state index contributed by atoms with van der Waals surface area (Å²) >= 11 is 5.38. The molecule has 110 valence electrons. The number of benzene rings is 1. The van der Waals surface area contributed by atoms with Gasteiger partial charge in [-0.05, 0) is 25.5 Å². The van der Waals surface area contributed by atoms with E-state index in [1.54, 1.807) is 0 Å². The van der Waals surface area contributed by atoms with E-state index in [2.05, 4.69) is 0 Å². The summed E-state index contributed by atoms with van der Waals surface area (Å²) in [5, 5.41) is 10.2. The van der Waals surface area contributed by atoms with E-state index >= 15 is 0 Å². The molecule has 0 saturated heterocycles. The average molecular weight is 314 g/mol. The van der Waals surface area contributed by atoms with Crippen LogP contribution in [0.4, 0.5) is 10.1 Å². The Kier molecular flexibility index (Phi) is 3.65. The molecule has 0 radical (unpaired) electrons. The fourth-order valence-corrected chi connectivity index (χ4v) is 2.09. The minimum atomic E-state index is -1.30. The standard InChI is InChI=1S/C12H9ClFN3O4/c1-5-4-8(17(20)21)6(2)3-7(5)16-11(18)9(14)10(13)15-12(16)19/h3-4H,1-2H3,(H,15,19). The molecule has 0 aliphatic rings. The van der Waals surface area contributed by atoms with Crippen LogP contribution < -0.4 is 11.2 Å². The third-order valence-corrected chi connectivity index (χ3v) is 3.22. The molecule has 1 heterocycles. The van der Waals surface area contributed by atoms with Crippen LogP contribution in [0, 0.1) is 29.8 Å². The van der Waals surface area contributed by atoms with Gasteiger partial charge < -0.3 is 0 Å². The molecule has 0 unspecified atom stereocenters. The van der Waals surface area contributed by atoms with E-state index in [1.807, 2.05) is 4.98 Å². The fraction of sp³-hybridized carbons (Fsp3) is 0.167. The summed E-state index contributed by atoms with van der Waals surface area (Å²) in [5.74, 6) is -1.30. The normalized spacial score (nSPS) is 10.7. The van der Waals surface area contributed by atoms with E-state index < -0.39 is 27.1 Å². The zero-order chi connectivity index (χ0) is 15.9. The predicted octanol–water partition coefficient (Wildman–Crippen LogP) is 1.84. The number of aromatic nitrogens is 2. The van der Waals surface area contributed by atoms with Crippen LogP contribution in [-0.4, -0.2) is 14.5 Å². The van der Waals surface area contributed by atoms with Crippen LogP contribution >= 0.6 is 11.6 Å². The van der Waals surface area contributed by atoms with Gasteiger partial charge in [-0.15, -0.1) is 0 Å². The van der Waals surface area contributed by atoms with Crippen molar-refractivity contribution in [3.63, 3.8) is 0 Å². The fourth-order valence-electron chi connectivity index (χ4n) is 1.93. The molecule has 9 heteroatoms. The average Bonchev–Trinajstić information content (AvgIpc) is 2.39. The Morgan fingerprint density at radius 1 is 1.29 bits per heavy atom. The largest absolute Gasteiger partial charge is 0.334 e. The van der Waals surface area contributed by atoms with Gasteiger partial charge in [0.15, 0.2) is 5.15 Å². The van der Waals surface area contributed by atoms with Crippen LogP contribution in [0.15, 0.2) is 21.7 Å². The first-order chi connectivity index (χ1) is 9.73. The first-order valence-electron chi connectivity index (χ1n) is 5.70. The first kappa shape index (κ1) is 14.9. The highest BCUT2D eigenvalue weighted by Crippen LogP contribution is 2.24. The summed E-state index contributed by atoms with van der Waals surface area (Å²) in [6.45, 7) is 2.92. The Hall–Kier alpha value is -2.48. The predicted molar refractivity (Wildman–Crippen MR) is 73.8 cm³/mol. The number of nitro benzene ring substituents is 1. The van der Waals surface area contributed by atoms with Crippen LogP contribution in [0.2, 0.25) is 5.15 Å². The number of aryl methyl sites for hydroxylation is 2. The van der Waals surface area contributed by atoms with Crippen molar-refractivity contribution in [1.29, 1.82) is 0 Å². The molecule has 1 aromatic carbocycles. The summed E-state index contributed by atoms with van der Waals surface area (Å²) in [6, 6.07) is 2.49. The van der Waals surface area contributed by atoms with Crippen LogP contribution in [0.3, 0.4) is 0 Å². The Morgan fingerprint density at radius 3 is 2.48 bits per heavy atom. The van der Waals surface area contributed by atoms with Crippen molar-refractivity contribution in [3.05, 3.63) is 65.2 Å². The van der Waals surface area contributed by atoms with Gasteiger partial charge in [0.1, 0.15) is 0 Å². The zero-order valence-electron chi connectivity index (χ0n) is 10.9. The molecule has 21 heavy (non-hydrogen) atoms. The van der Waals surface area contributed by atoms with Crippen LogP contribution in [-0.2, 0) is 0 Å². The van der Waals surface area contributed by atoms with Crippen LogP contribution in [0.1, 0.15) is 11.1 Å². The Morgan fingerprint density at radius 2 is 1.90 bits per heavy atom. The van der Waals surface area contributed by atoms with Gasteiger partial charge in [0, 0.05) is 11.6 Å². The topological polar surface area (TPSA) is 98.0 Å². The van der Waals surface area contributed by atoms with Crippen molar-refractivity contribution in [2.75, 3.05) is 0 Å². The first-order valence-corrected chi connectivity index (χ1v) is 6.08. The van der Waals surface area contributed by atoms with Crippen molar-refractivity contribution in [1.82, 2.24) is 9.55 Å². The monoisotopic (exact) mass is 313 g/mol. The van der Waals surface area contributed by atoms with Gasteiger partial charge in [0.25, 0.3) is 11.2 Å². The quantitative estimate of drug-likeness (QED) is 0.519. The number of rotatable bonds is 2. The van der Waals surface area contributed by atoms with E-state index in [0.29, 0.717) is 4.57 Å². The molecular formula is C12H9ClFN3O4. The Bertz CT molecular complexity index is 872. The minimum Gasteiger partial charge on any atom is -0.295 e. The van der Waals surface area contributed by atoms with E-state index in [4.69, 9.17) is 11.6 Å². The number of nitro groups is 1. The molecule has 0 fully saturated rings. The number of H-pyrrole nitrogens is 1. The van der Waals surface area contributed by atoms with Gasteiger partial charge in [0.2, 0.25) is 5.82 Å². The number of hydrogen-bond acceptors (Lipinski definition) is 4. The van der Waals surface area contributed by atoms with Crippen molar-refractivity contribution < 1.29 is 9.31 Å². The molecule has 0 aliphatic heterocycles. The molecule has 2 rings (SSSR count). The van der Waals surface area contributed by atoms with Gasteiger partial charge in [-0.25, -0.2) is 9.36 Å². The molecule has 2 aromatic rings. The molecule has 0 aliphatic carbocycles. The zero-order valence-corrected chi connectivity index (χ0v) is 11.7. The number of nitrogens with zero attached hydrogens (tertiary/aromatic N) is 2. The number of nitrogens with one attached hydrogen (secondary N) is 1. The summed E-state index contributed by atoms with van der Waals surface area (Å²) in [7, 11) is 0. The second kappa shape index (κ2) is 5.13. The second-order valence-electron chi connectivity index (χ2n) is 4.38. The maximum absolute atomic E-state index is 13.6. The minimum absolute atomic E-state index is 0.0555. The van der Waals surface area contributed by atoms with Gasteiger partial charge in [-0.3, -0.25) is 19.9 Å². The van der Waals surface area contributed by atoms with Crippen molar-refractivity contribution in [2.24, 2.45) is 0 Å². The molecule has 1 aromatic heterocycles. The highest BCUT2D eigenvalue weighted by Gasteiger charge is 2.19. The molecule has 0 bridgehead atoms. The van der Waals surface area contributed by atoms with Gasteiger partial charge in [-0.2, -0.15) is 4.39 Å². The summed E-state index contributed by atoms with van der Waals surface area (Å²) in [4.78, 5) is 35.9. The third kappa shape index (κ3) is 2.45. The number of aromatic amines is 1. The molecule has 0 saturated carbocycles. The molecule has 1 N–H and O–H groups in total. The summed E-state index contributed by atoms with van der Waals surface area (Å²) < 4.78 is 14.1. The van der Waals surface area contributed by atoms with Gasteiger partial charge >= 0.3 is 5.69 Å². The summed E-state index contributed by atoms with van der Waals surface area (Å²) in [5.41, 5.74) is -1.73. The lowest BCUT2D eigenvalue weighted by atomic mass is 10.1. The second-order valence-corrected chi connectivity index (χ2v) is 4.76. The number of halogens is 2. The lowest BCUT2D eigenvalue weighted by Crippen LogP contribution is -2.36. The molecule has 0 atom stereocenters. The van der Waals surface area contributed by atoms with E-state index in [0.717, 1.165) is 0 Å². The molecule has 0 amide bonds. The van der Waals surface area contributed by atoms with Crippen LogP contribution in [0.25, 0.3) is 5.69 Å². The lowest BCUT2D eigenvalue weighted by molar-refractivity contribution is -0.385. The van der Waals surface area contributed by atoms with E-state index in [1.165, 1.54) is 26.0 Å². The van der Waals surface area contributed by atoms with E-state index in [-0.39, 0.29) is 22.5 Å². The van der Waals surface area contributed by atoms with Crippen molar-refractivity contribution >= 4 is 17.3 Å². The Balaban J connectivity index is 2.84. The lowest BCUT2D eigenvalue weighted by Gasteiger charge is -2.10.